The summed E-state index contributed by atoms with van der Waals surface area (Å²) in [5.74, 6) is -0.357. The van der Waals surface area contributed by atoms with Gasteiger partial charge in [0, 0.05) is 49.2 Å². The number of Topliss-reactive ketones (excluding diaryl/α,β-unsaturated/α-hetero) is 1. The van der Waals surface area contributed by atoms with Gasteiger partial charge in [0.05, 0.1) is 30.1 Å². The molecule has 1 aromatic heterocycles. The van der Waals surface area contributed by atoms with Gasteiger partial charge in [-0.1, -0.05) is 36.4 Å². The molecule has 0 saturated carbocycles. The number of ether oxygens (including phenoxy) is 2. The van der Waals surface area contributed by atoms with E-state index in [2.05, 4.69) is 10.3 Å². The van der Waals surface area contributed by atoms with E-state index >= 15 is 0 Å². The summed E-state index contributed by atoms with van der Waals surface area (Å²) in [5.41, 5.74) is 2.87. The third-order valence-corrected chi connectivity index (χ3v) is 8.92. The molecule has 0 bridgehead atoms. The number of nitrogens with zero attached hydrogens (tertiary/aromatic N) is 2. The van der Waals surface area contributed by atoms with E-state index in [-0.39, 0.29) is 27.9 Å². The highest BCUT2D eigenvalue weighted by molar-refractivity contribution is 7.90. The number of rotatable bonds is 12. The molecular formula is C32H33N3O6S. The number of amides is 1. The minimum absolute atomic E-state index is 0.00537. The van der Waals surface area contributed by atoms with Crippen molar-refractivity contribution in [2.45, 2.75) is 42.6 Å². The SMILES string of the molecule is COCCNC(=O)c1cccc(S(=O)(=O)Cc2c(OC(Cn3ccnc3)c3ccccc3)ccc3c2CCCC3=O)c1. The summed E-state index contributed by atoms with van der Waals surface area (Å²) in [5, 5.41) is 2.72. The number of sulfone groups is 1. The van der Waals surface area contributed by atoms with E-state index in [1.165, 1.54) is 19.2 Å². The summed E-state index contributed by atoms with van der Waals surface area (Å²) in [6.45, 7) is 1.10. The lowest BCUT2D eigenvalue weighted by Crippen LogP contribution is -2.27. The molecule has 0 aliphatic heterocycles. The van der Waals surface area contributed by atoms with Gasteiger partial charge in [0.25, 0.3) is 5.91 Å². The number of carbonyl (C=O) groups excluding carboxylic acids is 2. The van der Waals surface area contributed by atoms with Crippen LogP contribution in [0.15, 0.2) is 90.3 Å². The quantitative estimate of drug-likeness (QED) is 0.241. The molecule has 9 nitrogen and oxygen atoms in total. The van der Waals surface area contributed by atoms with E-state index in [0.717, 1.165) is 5.56 Å². The van der Waals surface area contributed by atoms with Gasteiger partial charge in [0.15, 0.2) is 15.6 Å². The van der Waals surface area contributed by atoms with Crippen LogP contribution < -0.4 is 10.1 Å². The second kappa shape index (κ2) is 13.1. The van der Waals surface area contributed by atoms with Gasteiger partial charge in [-0.2, -0.15) is 0 Å². The lowest BCUT2D eigenvalue weighted by Gasteiger charge is -2.26. The van der Waals surface area contributed by atoms with E-state index in [9.17, 15) is 18.0 Å². The minimum atomic E-state index is -3.93. The summed E-state index contributed by atoms with van der Waals surface area (Å²) in [4.78, 5) is 29.6. The Labute approximate surface area is 245 Å². The summed E-state index contributed by atoms with van der Waals surface area (Å²) >= 11 is 0. The van der Waals surface area contributed by atoms with Crippen molar-refractivity contribution in [2.24, 2.45) is 0 Å². The van der Waals surface area contributed by atoms with Crippen LogP contribution in [0.1, 0.15) is 56.4 Å². The molecule has 42 heavy (non-hydrogen) atoms. The Kier molecular flexibility index (Phi) is 9.14. The van der Waals surface area contributed by atoms with Crippen LogP contribution in [0, 0.1) is 0 Å². The van der Waals surface area contributed by atoms with Crippen LogP contribution in [0.25, 0.3) is 0 Å². The van der Waals surface area contributed by atoms with E-state index in [0.29, 0.717) is 61.4 Å². The Morgan fingerprint density at radius 2 is 1.90 bits per heavy atom. The lowest BCUT2D eigenvalue weighted by atomic mass is 9.87. The lowest BCUT2D eigenvalue weighted by molar-refractivity contribution is 0.0935. The van der Waals surface area contributed by atoms with E-state index in [4.69, 9.17) is 9.47 Å². The maximum Gasteiger partial charge on any atom is 0.251 e. The molecule has 1 heterocycles. The summed E-state index contributed by atoms with van der Waals surface area (Å²) in [6, 6.07) is 19.1. The molecule has 1 N–H and O–H groups in total. The van der Waals surface area contributed by atoms with Crippen molar-refractivity contribution in [1.82, 2.24) is 14.9 Å². The fourth-order valence-corrected chi connectivity index (χ4v) is 6.59. The van der Waals surface area contributed by atoms with Crippen molar-refractivity contribution in [1.29, 1.82) is 0 Å². The van der Waals surface area contributed by atoms with Crippen LogP contribution in [-0.4, -0.2) is 49.9 Å². The minimum Gasteiger partial charge on any atom is -0.484 e. The predicted molar refractivity (Wildman–Crippen MR) is 157 cm³/mol. The van der Waals surface area contributed by atoms with E-state index in [1.807, 2.05) is 41.1 Å². The first-order valence-electron chi connectivity index (χ1n) is 13.8. The molecule has 0 spiro atoms. The number of hydrogen-bond donors (Lipinski definition) is 1. The smallest absolute Gasteiger partial charge is 0.251 e. The van der Waals surface area contributed by atoms with Crippen LogP contribution in [0.2, 0.25) is 0 Å². The number of imidazole rings is 1. The molecule has 0 saturated heterocycles. The van der Waals surface area contributed by atoms with Crippen LogP contribution >= 0.6 is 0 Å². The molecule has 0 fully saturated rings. The summed E-state index contributed by atoms with van der Waals surface area (Å²) in [7, 11) is -2.39. The molecule has 5 rings (SSSR count). The first-order chi connectivity index (χ1) is 20.4. The van der Waals surface area contributed by atoms with Crippen LogP contribution in [0.3, 0.4) is 0 Å². The number of carbonyl (C=O) groups is 2. The fraction of sp³-hybridized carbons (Fsp3) is 0.281. The predicted octanol–water partition coefficient (Wildman–Crippen LogP) is 4.57. The molecule has 1 aliphatic carbocycles. The van der Waals surface area contributed by atoms with E-state index in [1.54, 1.807) is 36.8 Å². The van der Waals surface area contributed by atoms with Crippen molar-refractivity contribution in [2.75, 3.05) is 20.3 Å². The topological polar surface area (TPSA) is 117 Å². The molecule has 0 radical (unpaired) electrons. The van der Waals surface area contributed by atoms with Crippen molar-refractivity contribution < 1.29 is 27.5 Å². The molecule has 1 aliphatic rings. The maximum absolute atomic E-state index is 13.9. The van der Waals surface area contributed by atoms with E-state index < -0.39 is 15.9 Å². The highest BCUT2D eigenvalue weighted by Gasteiger charge is 2.28. The molecule has 10 heteroatoms. The van der Waals surface area contributed by atoms with Gasteiger partial charge in [0.2, 0.25) is 0 Å². The number of fused-ring (bicyclic) bond motifs is 1. The largest absolute Gasteiger partial charge is 0.484 e. The zero-order valence-corrected chi connectivity index (χ0v) is 24.2. The normalized spacial score (nSPS) is 13.8. The number of ketones is 1. The Hall–Kier alpha value is -4.28. The third-order valence-electron chi connectivity index (χ3n) is 7.28. The number of benzene rings is 3. The van der Waals surface area contributed by atoms with Gasteiger partial charge in [-0.05, 0) is 54.3 Å². The Balaban J connectivity index is 1.51. The van der Waals surface area contributed by atoms with Crippen LogP contribution in [0.5, 0.6) is 5.75 Å². The zero-order valence-electron chi connectivity index (χ0n) is 23.4. The van der Waals surface area contributed by atoms with Gasteiger partial charge >= 0.3 is 0 Å². The van der Waals surface area contributed by atoms with Crippen LogP contribution in [-0.2, 0) is 33.3 Å². The monoisotopic (exact) mass is 587 g/mol. The Bertz CT molecular complexity index is 1650. The first-order valence-corrected chi connectivity index (χ1v) is 15.5. The highest BCUT2D eigenvalue weighted by Crippen LogP contribution is 2.36. The second-order valence-electron chi connectivity index (χ2n) is 10.2. The fourth-order valence-electron chi connectivity index (χ4n) is 5.14. The average molecular weight is 588 g/mol. The van der Waals surface area contributed by atoms with Crippen LogP contribution in [0.4, 0.5) is 0 Å². The third kappa shape index (κ3) is 6.78. The van der Waals surface area contributed by atoms with Crippen molar-refractivity contribution in [3.63, 3.8) is 0 Å². The van der Waals surface area contributed by atoms with Gasteiger partial charge in [-0.25, -0.2) is 13.4 Å². The molecule has 3 aromatic carbocycles. The molecule has 1 amide bonds. The number of methoxy groups -OCH3 is 1. The average Bonchev–Trinajstić information content (AvgIpc) is 3.52. The molecule has 1 atom stereocenters. The molecule has 4 aromatic rings. The molecular weight excluding hydrogens is 554 g/mol. The highest BCUT2D eigenvalue weighted by atomic mass is 32.2. The number of aromatic nitrogens is 2. The maximum atomic E-state index is 13.9. The second-order valence-corrected chi connectivity index (χ2v) is 12.1. The zero-order chi connectivity index (χ0) is 29.5. The number of nitrogens with one attached hydrogen (secondary N) is 1. The molecule has 1 unspecified atom stereocenters. The first kappa shape index (κ1) is 29.2. The number of hydrogen-bond acceptors (Lipinski definition) is 7. The van der Waals surface area contributed by atoms with Gasteiger partial charge < -0.3 is 19.4 Å². The Morgan fingerprint density at radius 3 is 2.67 bits per heavy atom. The van der Waals surface area contributed by atoms with Gasteiger partial charge in [-0.3, -0.25) is 9.59 Å². The summed E-state index contributed by atoms with van der Waals surface area (Å²) in [6.07, 6.45) is 6.42. The molecule has 218 valence electrons. The van der Waals surface area contributed by atoms with Crippen molar-refractivity contribution >= 4 is 21.5 Å². The van der Waals surface area contributed by atoms with Crippen molar-refractivity contribution in [3.05, 3.63) is 113 Å². The van der Waals surface area contributed by atoms with Gasteiger partial charge in [-0.15, -0.1) is 0 Å². The standard InChI is InChI=1S/C32H33N3O6S/c1-40-18-16-34-32(37)24-9-5-10-25(19-24)42(38,39)21-28-26-11-6-12-29(36)27(26)13-14-30(28)41-31(20-35-17-15-33-22-35)23-7-3-2-4-8-23/h2-5,7-10,13-15,17,19,22,31H,6,11-12,16,18,20-21H2,1H3,(H,34,37). The van der Waals surface area contributed by atoms with Crippen molar-refractivity contribution in [3.8, 4) is 5.75 Å². The Morgan fingerprint density at radius 1 is 1.07 bits per heavy atom. The summed E-state index contributed by atoms with van der Waals surface area (Å²) < 4.78 is 41.2. The van der Waals surface area contributed by atoms with Gasteiger partial charge in [0.1, 0.15) is 11.9 Å².